The highest BCUT2D eigenvalue weighted by Gasteiger charge is 2.20. The number of urea groups is 2. The van der Waals surface area contributed by atoms with Gasteiger partial charge in [0.2, 0.25) is 0 Å². The van der Waals surface area contributed by atoms with Crippen molar-refractivity contribution in [2.75, 3.05) is 10.6 Å². The molecule has 258 valence electrons. The van der Waals surface area contributed by atoms with Crippen LogP contribution in [0.1, 0.15) is 22.3 Å². The number of carbonyl (C=O) groups excluding carboxylic acids is 2. The molecule has 4 amide bonds. The van der Waals surface area contributed by atoms with Crippen molar-refractivity contribution < 1.29 is 34.8 Å². The maximum atomic E-state index is 12.6. The lowest BCUT2D eigenvalue weighted by Crippen LogP contribution is -2.29. The summed E-state index contributed by atoms with van der Waals surface area (Å²) in [7, 11) is -8.02. The van der Waals surface area contributed by atoms with Gasteiger partial charge >= 0.3 is 32.3 Å². The fourth-order valence-corrected chi connectivity index (χ4v) is 7.09. The van der Waals surface area contributed by atoms with Gasteiger partial charge in [0.05, 0.1) is 0 Å². The molecule has 0 bridgehead atoms. The maximum Gasteiger partial charge on any atom is 0.339 e. The van der Waals surface area contributed by atoms with Crippen molar-refractivity contribution in [1.29, 1.82) is 0 Å². The zero-order valence-corrected chi connectivity index (χ0v) is 28.7. The first-order valence-electron chi connectivity index (χ1n) is 15.3. The van der Waals surface area contributed by atoms with Crippen molar-refractivity contribution in [3.05, 3.63) is 144 Å². The van der Waals surface area contributed by atoms with Gasteiger partial charge < -0.3 is 29.6 Å². The second-order valence-corrected chi connectivity index (χ2v) is 14.1. The third-order valence-electron chi connectivity index (χ3n) is 7.26. The van der Waals surface area contributed by atoms with Crippen LogP contribution >= 0.6 is 0 Å². The van der Waals surface area contributed by atoms with Gasteiger partial charge in [-0.15, -0.1) is 0 Å². The van der Waals surface area contributed by atoms with Crippen LogP contribution in [0.5, 0.6) is 11.5 Å². The Morgan fingerprint density at radius 2 is 0.900 bits per heavy atom. The first kappa shape index (κ1) is 35.4. The Labute approximate surface area is 290 Å². The van der Waals surface area contributed by atoms with E-state index in [1.54, 1.807) is 56.3 Å². The number of benzene rings is 5. The third kappa shape index (κ3) is 9.61. The summed E-state index contributed by atoms with van der Waals surface area (Å²) < 4.78 is 61.0. The quantitative estimate of drug-likeness (QED) is 0.106. The highest BCUT2D eigenvalue weighted by molar-refractivity contribution is 7.87. The van der Waals surface area contributed by atoms with Crippen molar-refractivity contribution in [2.24, 2.45) is 0 Å². The van der Waals surface area contributed by atoms with Gasteiger partial charge in [-0.3, -0.25) is 0 Å². The van der Waals surface area contributed by atoms with E-state index in [4.69, 9.17) is 8.37 Å². The summed E-state index contributed by atoms with van der Waals surface area (Å²) in [6.45, 7) is 3.77. The van der Waals surface area contributed by atoms with Crippen LogP contribution in [0.3, 0.4) is 0 Å². The minimum Gasteiger partial charge on any atom is -0.379 e. The summed E-state index contributed by atoms with van der Waals surface area (Å²) in [5.74, 6) is 0.209. The number of hydrogen-bond acceptors (Lipinski definition) is 8. The van der Waals surface area contributed by atoms with Crippen LogP contribution in [0.4, 0.5) is 21.0 Å². The predicted molar refractivity (Wildman–Crippen MR) is 189 cm³/mol. The van der Waals surface area contributed by atoms with E-state index in [-0.39, 0.29) is 34.4 Å². The molecular weight excluding hydrogens is 681 g/mol. The van der Waals surface area contributed by atoms with Gasteiger partial charge in [-0.05, 0) is 96.8 Å². The topological polar surface area (TPSA) is 169 Å². The van der Waals surface area contributed by atoms with E-state index in [1.807, 2.05) is 18.2 Å². The van der Waals surface area contributed by atoms with Crippen LogP contribution in [0, 0.1) is 13.8 Å². The third-order valence-corrected chi connectivity index (χ3v) is 10.1. The number of amides is 4. The molecular formula is C36H34N4O8S2. The molecule has 0 heterocycles. The number of anilines is 2. The average Bonchev–Trinajstić information content (AvgIpc) is 3.08. The van der Waals surface area contributed by atoms with Crippen molar-refractivity contribution in [3.8, 4) is 11.5 Å². The van der Waals surface area contributed by atoms with Gasteiger partial charge in [0.25, 0.3) is 0 Å². The molecule has 0 spiro atoms. The number of carbonyl (C=O) groups is 2. The molecule has 0 saturated heterocycles. The Bertz CT molecular complexity index is 2050. The summed E-state index contributed by atoms with van der Waals surface area (Å²) in [5.41, 5.74) is 3.58. The van der Waals surface area contributed by atoms with Gasteiger partial charge in [-0.1, -0.05) is 60.7 Å². The standard InChI is InChI=1S/C36H34N4O8S2/c1-25-8-3-5-12-33(25)49(43,44)47-31-18-14-29(15-19-31)39-35(41)37-23-27-10-7-11-28(22-27)24-38-36(42)40-30-16-20-32(21-17-30)48-50(45,46)34-13-6-4-9-26(34)2/h3-22H,23-24H2,1-2H3,(H2,37,39,41)(H2,38,40,42). The van der Waals surface area contributed by atoms with Crippen LogP contribution in [0.2, 0.25) is 0 Å². The largest absolute Gasteiger partial charge is 0.379 e. The summed E-state index contributed by atoms with van der Waals surface area (Å²) >= 11 is 0. The number of aryl methyl sites for hydroxylation is 2. The highest BCUT2D eigenvalue weighted by atomic mass is 32.2. The normalized spacial score (nSPS) is 11.2. The van der Waals surface area contributed by atoms with Gasteiger partial charge in [0.1, 0.15) is 21.3 Å². The van der Waals surface area contributed by atoms with Crippen LogP contribution in [0.25, 0.3) is 0 Å². The molecule has 0 aliphatic carbocycles. The smallest absolute Gasteiger partial charge is 0.339 e. The lowest BCUT2D eigenvalue weighted by Gasteiger charge is -2.12. The molecule has 5 rings (SSSR count). The molecule has 4 N–H and O–H groups in total. The van der Waals surface area contributed by atoms with Gasteiger partial charge in [-0.2, -0.15) is 16.8 Å². The van der Waals surface area contributed by atoms with Gasteiger partial charge in [0, 0.05) is 24.5 Å². The zero-order valence-electron chi connectivity index (χ0n) is 27.0. The minimum atomic E-state index is -4.01. The number of rotatable bonds is 12. The van der Waals surface area contributed by atoms with Crippen LogP contribution in [0.15, 0.2) is 131 Å². The van der Waals surface area contributed by atoms with E-state index in [0.29, 0.717) is 22.5 Å². The van der Waals surface area contributed by atoms with Crippen LogP contribution in [-0.2, 0) is 33.3 Å². The van der Waals surface area contributed by atoms with E-state index < -0.39 is 32.3 Å². The summed E-state index contributed by atoms with van der Waals surface area (Å²) in [6.07, 6.45) is 0. The van der Waals surface area contributed by atoms with Gasteiger partial charge in [-0.25, -0.2) is 9.59 Å². The summed E-state index contributed by atoms with van der Waals surface area (Å²) in [6, 6.07) is 31.3. The number of hydrogen-bond donors (Lipinski definition) is 4. The molecule has 5 aromatic carbocycles. The SMILES string of the molecule is Cc1ccccc1S(=O)(=O)Oc1ccc(NC(=O)NCc2cccc(CNC(=O)Nc3ccc(OS(=O)(=O)c4ccccc4C)cc3)c2)cc1. The lowest BCUT2D eigenvalue weighted by molar-refractivity contribution is 0.251. The summed E-state index contributed by atoms with van der Waals surface area (Å²) in [4.78, 5) is 25.2. The fraction of sp³-hybridized carbons (Fsp3) is 0.111. The molecule has 0 radical (unpaired) electrons. The molecule has 0 fully saturated rings. The Hall–Kier alpha value is -5.86. The van der Waals surface area contributed by atoms with E-state index in [9.17, 15) is 26.4 Å². The minimum absolute atomic E-state index is 0.0781. The molecule has 0 aromatic heterocycles. The fourth-order valence-electron chi connectivity index (χ4n) is 4.77. The molecule has 0 atom stereocenters. The highest BCUT2D eigenvalue weighted by Crippen LogP contribution is 2.24. The van der Waals surface area contributed by atoms with Crippen LogP contribution < -0.4 is 29.6 Å². The monoisotopic (exact) mass is 714 g/mol. The van der Waals surface area contributed by atoms with Gasteiger partial charge in [0.15, 0.2) is 0 Å². The molecule has 12 nitrogen and oxygen atoms in total. The molecule has 14 heteroatoms. The molecule has 0 unspecified atom stereocenters. The number of nitrogens with one attached hydrogen (secondary N) is 4. The predicted octanol–water partition coefficient (Wildman–Crippen LogP) is 6.48. The average molecular weight is 715 g/mol. The lowest BCUT2D eigenvalue weighted by atomic mass is 10.1. The molecule has 0 saturated carbocycles. The first-order valence-corrected chi connectivity index (χ1v) is 18.1. The summed E-state index contributed by atoms with van der Waals surface area (Å²) in [5, 5.41) is 10.9. The molecule has 0 aliphatic rings. The van der Waals surface area contributed by atoms with E-state index in [1.165, 1.54) is 60.7 Å². The Morgan fingerprint density at radius 1 is 0.520 bits per heavy atom. The molecule has 0 aliphatic heterocycles. The Kier molecular flexibility index (Phi) is 11.0. The molecule has 5 aromatic rings. The van der Waals surface area contributed by atoms with Crippen molar-refractivity contribution >= 4 is 43.7 Å². The van der Waals surface area contributed by atoms with E-state index in [0.717, 1.165) is 11.1 Å². The Balaban J connectivity index is 1.06. The van der Waals surface area contributed by atoms with E-state index >= 15 is 0 Å². The van der Waals surface area contributed by atoms with Crippen LogP contribution in [-0.4, -0.2) is 28.9 Å². The van der Waals surface area contributed by atoms with E-state index in [2.05, 4.69) is 21.3 Å². The first-order chi connectivity index (χ1) is 23.9. The van der Waals surface area contributed by atoms with Crippen molar-refractivity contribution in [1.82, 2.24) is 10.6 Å². The van der Waals surface area contributed by atoms with Crippen molar-refractivity contribution in [3.63, 3.8) is 0 Å². The maximum absolute atomic E-state index is 12.6. The van der Waals surface area contributed by atoms with Crippen molar-refractivity contribution in [2.45, 2.75) is 36.7 Å². The second-order valence-electron chi connectivity index (χ2n) is 11.1. The zero-order chi connectivity index (χ0) is 35.7. The molecule has 50 heavy (non-hydrogen) atoms. The Morgan fingerprint density at radius 3 is 1.28 bits per heavy atom. The second kappa shape index (κ2) is 15.6.